The number of esters is 2. The second-order valence-corrected chi connectivity index (χ2v) is 5.78. The van der Waals surface area contributed by atoms with Gasteiger partial charge in [0.2, 0.25) is 0 Å². The van der Waals surface area contributed by atoms with Crippen LogP contribution in [0.25, 0.3) is 0 Å². The van der Waals surface area contributed by atoms with Gasteiger partial charge in [-0.25, -0.2) is 28.1 Å². The van der Waals surface area contributed by atoms with Gasteiger partial charge in [-0.15, -0.1) is 0 Å². The van der Waals surface area contributed by atoms with Gasteiger partial charge in [-0.05, 0) is 6.42 Å². The van der Waals surface area contributed by atoms with E-state index in [1.807, 2.05) is 0 Å². The predicted octanol–water partition coefficient (Wildman–Crippen LogP) is -1.78. The Hall–Kier alpha value is -2.73. The molecule has 12 nitrogen and oxygen atoms in total. The monoisotopic (exact) mass is 421 g/mol. The summed E-state index contributed by atoms with van der Waals surface area (Å²) in [5.74, 6) is -1.77. The van der Waals surface area contributed by atoms with Crippen molar-refractivity contribution in [3.8, 4) is 0 Å². The van der Waals surface area contributed by atoms with Crippen molar-refractivity contribution < 1.29 is 29.3 Å². The van der Waals surface area contributed by atoms with Crippen LogP contribution in [0.1, 0.15) is 34.6 Å². The zero-order valence-electron chi connectivity index (χ0n) is 15.3. The third kappa shape index (κ3) is 7.66. The highest BCUT2D eigenvalue weighted by Crippen LogP contribution is 1.95. The van der Waals surface area contributed by atoms with Gasteiger partial charge in [-0.2, -0.15) is 0 Å². The molecular formula is C17H31N3O9. The molecule has 2 atom stereocenters. The molecule has 2 unspecified atom stereocenters. The van der Waals surface area contributed by atoms with Crippen molar-refractivity contribution in [2.24, 2.45) is 7.05 Å². The molecule has 0 amide bonds. The number of methoxy groups -OCH3 is 1. The number of carbonyl (C=O) groups is 2. The second kappa shape index (κ2) is 12.7. The number of ether oxygens (including phenoxy) is 2. The van der Waals surface area contributed by atoms with E-state index in [2.05, 4.69) is 9.47 Å². The fourth-order valence-corrected chi connectivity index (χ4v) is 2.10. The number of hydrogen-bond acceptors (Lipinski definition) is 9. The minimum absolute atomic E-state index is 0. The molecule has 168 valence electrons. The Labute approximate surface area is 167 Å². The predicted molar refractivity (Wildman–Crippen MR) is 104 cm³/mol. The minimum atomic E-state index is -1.45. The zero-order valence-corrected chi connectivity index (χ0v) is 15.3. The molecule has 0 spiro atoms. The van der Waals surface area contributed by atoms with Crippen LogP contribution in [0.3, 0.4) is 0 Å². The smallest absolute Gasteiger partial charge is 0.336 e. The lowest BCUT2D eigenvalue weighted by Gasteiger charge is -2.16. The molecule has 0 aliphatic heterocycles. The number of aliphatic hydroxyl groups excluding tert-OH is 2. The lowest BCUT2D eigenvalue weighted by Crippen LogP contribution is -2.55. The third-order valence-corrected chi connectivity index (χ3v) is 3.71. The van der Waals surface area contributed by atoms with E-state index in [1.54, 1.807) is 6.92 Å². The molecule has 0 fully saturated rings. The summed E-state index contributed by atoms with van der Waals surface area (Å²) in [6.45, 7) is 0.205. The molecule has 1 rings (SSSR count). The van der Waals surface area contributed by atoms with E-state index in [0.29, 0.717) is 13.7 Å². The van der Waals surface area contributed by atoms with Gasteiger partial charge in [0, 0.05) is 7.05 Å². The molecule has 0 aliphatic rings. The summed E-state index contributed by atoms with van der Waals surface area (Å²) in [6.07, 6.45) is -2.78. The maximum atomic E-state index is 12.4. The van der Waals surface area contributed by atoms with Crippen LogP contribution in [-0.2, 0) is 39.2 Å². The first-order valence-electron chi connectivity index (χ1n) is 8.11. The van der Waals surface area contributed by atoms with Crippen LogP contribution < -0.4 is 17.1 Å². The van der Waals surface area contributed by atoms with Gasteiger partial charge in [-0.3, -0.25) is 9.59 Å². The van der Waals surface area contributed by atoms with Crippen LogP contribution in [0.5, 0.6) is 0 Å². The van der Waals surface area contributed by atoms with E-state index >= 15 is 0 Å². The van der Waals surface area contributed by atoms with Gasteiger partial charge in [0.25, 0.3) is 0 Å². The lowest BCUT2D eigenvalue weighted by atomic mass is 10.3. The average molecular weight is 421 g/mol. The molecule has 0 radical (unpaired) electrons. The fraction of sp³-hybridized carbons (Fsp3) is 0.706. The van der Waals surface area contributed by atoms with Crippen molar-refractivity contribution in [2.75, 3.05) is 13.7 Å². The Morgan fingerprint density at radius 3 is 1.86 bits per heavy atom. The number of carbonyl (C=O) groups excluding carboxylic acids is 2. The molecular weight excluding hydrogens is 390 g/mol. The Balaban J connectivity index is 0. The van der Waals surface area contributed by atoms with Crippen LogP contribution in [0.2, 0.25) is 0 Å². The molecule has 29 heavy (non-hydrogen) atoms. The maximum Gasteiger partial charge on any atom is 0.336 e. The topological polar surface area (TPSA) is 159 Å². The van der Waals surface area contributed by atoms with E-state index in [-0.39, 0.29) is 27.8 Å². The van der Waals surface area contributed by atoms with E-state index in [0.717, 1.165) is 14.2 Å². The van der Waals surface area contributed by atoms with Gasteiger partial charge in [0.05, 0.1) is 26.3 Å². The Bertz CT molecular complexity index is 853. The van der Waals surface area contributed by atoms with E-state index in [1.165, 1.54) is 0 Å². The molecule has 0 saturated heterocycles. The van der Waals surface area contributed by atoms with Gasteiger partial charge in [0.1, 0.15) is 19.1 Å². The number of nitrogens with zero attached hydrogens (tertiary/aromatic N) is 3. The van der Waals surface area contributed by atoms with Crippen molar-refractivity contribution in [3.63, 3.8) is 0 Å². The molecule has 2 N–H and O–H groups in total. The largest absolute Gasteiger partial charge is 0.469 e. The minimum Gasteiger partial charge on any atom is -0.469 e. The van der Waals surface area contributed by atoms with E-state index in [9.17, 15) is 34.2 Å². The summed E-state index contributed by atoms with van der Waals surface area (Å²) >= 11 is 0. The highest BCUT2D eigenvalue weighted by Gasteiger charge is 2.19. The quantitative estimate of drug-likeness (QED) is 0.347. The highest BCUT2D eigenvalue weighted by molar-refractivity contribution is 5.91. The normalized spacial score (nSPS) is 12.2. The Morgan fingerprint density at radius 2 is 1.41 bits per heavy atom. The summed E-state index contributed by atoms with van der Waals surface area (Å²) in [6, 6.07) is 0. The Kier molecular flexibility index (Phi) is 12.4. The first kappa shape index (κ1) is 28.5. The SMILES string of the molecule is C.C.CCC(O)Cn1c(=O)n(C)c(=O)n(CC(O)COC(=O)CC(=O)OC)c1=O. The summed E-state index contributed by atoms with van der Waals surface area (Å²) in [4.78, 5) is 58.9. The lowest BCUT2D eigenvalue weighted by molar-refractivity contribution is -0.155. The van der Waals surface area contributed by atoms with Gasteiger partial charge in [-0.1, -0.05) is 21.8 Å². The van der Waals surface area contributed by atoms with Crippen LogP contribution in [-0.4, -0.2) is 61.8 Å². The van der Waals surface area contributed by atoms with E-state index in [4.69, 9.17) is 0 Å². The average Bonchev–Trinajstić information content (AvgIpc) is 2.64. The first-order valence-corrected chi connectivity index (χ1v) is 8.11. The van der Waals surface area contributed by atoms with Crippen LogP contribution in [0, 0.1) is 0 Å². The van der Waals surface area contributed by atoms with Crippen molar-refractivity contribution in [1.82, 2.24) is 13.7 Å². The van der Waals surface area contributed by atoms with Crippen LogP contribution in [0.15, 0.2) is 14.4 Å². The molecule has 0 saturated carbocycles. The number of aliphatic hydroxyl groups is 2. The van der Waals surface area contributed by atoms with Gasteiger partial charge in [0.15, 0.2) is 0 Å². The van der Waals surface area contributed by atoms with Gasteiger partial charge < -0.3 is 19.7 Å². The number of hydrogen-bond donors (Lipinski definition) is 2. The third-order valence-electron chi connectivity index (χ3n) is 3.71. The van der Waals surface area contributed by atoms with Crippen LogP contribution in [0.4, 0.5) is 0 Å². The molecule has 0 aliphatic carbocycles. The summed E-state index contributed by atoms with van der Waals surface area (Å²) in [7, 11) is 2.25. The van der Waals surface area contributed by atoms with Crippen LogP contribution >= 0.6 is 0 Å². The van der Waals surface area contributed by atoms with Crippen molar-refractivity contribution in [1.29, 1.82) is 0 Å². The molecule has 1 aromatic rings. The molecule has 0 aromatic carbocycles. The first-order chi connectivity index (χ1) is 12.6. The summed E-state index contributed by atoms with van der Waals surface area (Å²) < 4.78 is 10.9. The van der Waals surface area contributed by atoms with E-state index < -0.39 is 60.8 Å². The highest BCUT2D eigenvalue weighted by atomic mass is 16.6. The second-order valence-electron chi connectivity index (χ2n) is 5.78. The molecule has 1 aromatic heterocycles. The number of rotatable bonds is 9. The van der Waals surface area contributed by atoms with Gasteiger partial charge >= 0.3 is 29.0 Å². The molecule has 0 bridgehead atoms. The summed E-state index contributed by atoms with van der Waals surface area (Å²) in [5, 5.41) is 19.6. The van der Waals surface area contributed by atoms with Crippen molar-refractivity contribution in [2.45, 2.75) is 59.9 Å². The molecule has 1 heterocycles. The van der Waals surface area contributed by atoms with Crippen molar-refractivity contribution >= 4 is 11.9 Å². The molecule has 12 heteroatoms. The fourth-order valence-electron chi connectivity index (χ4n) is 2.10. The number of aromatic nitrogens is 3. The maximum absolute atomic E-state index is 12.4. The van der Waals surface area contributed by atoms with Crippen molar-refractivity contribution in [3.05, 3.63) is 31.5 Å². The standard InChI is InChI=1S/C15H23N3O9.2CH4/c1-4-9(19)6-17-13(23)16(2)14(24)18(15(17)25)7-10(20)8-27-12(22)5-11(21)26-3;;/h9-10,19-20H,4-8H2,1-3H3;2*1H4. The Morgan fingerprint density at radius 1 is 0.931 bits per heavy atom. The summed E-state index contributed by atoms with van der Waals surface area (Å²) in [5.41, 5.74) is -2.87. The zero-order chi connectivity index (χ0) is 20.7.